The topological polar surface area (TPSA) is 51.7 Å². The lowest BCUT2D eigenvalue weighted by Gasteiger charge is -2.31. The molecular formula is C14H19N5. The van der Waals surface area contributed by atoms with Crippen LogP contribution in [0.1, 0.15) is 13.8 Å². The Hall–Kier alpha value is -2.01. The summed E-state index contributed by atoms with van der Waals surface area (Å²) in [5, 5.41) is 8.70. The normalized spacial score (nSPS) is 25.9. The molecule has 0 saturated carbocycles. The quantitative estimate of drug-likeness (QED) is 0.745. The Morgan fingerprint density at radius 2 is 2.11 bits per heavy atom. The molecule has 0 amide bonds. The first-order valence-corrected chi connectivity index (χ1v) is 6.55. The molecule has 0 radical (unpaired) electrons. The lowest BCUT2D eigenvalue weighted by molar-refractivity contribution is 0.414. The first kappa shape index (κ1) is 12.0. The maximum atomic E-state index is 4.39. The van der Waals surface area contributed by atoms with Crippen LogP contribution in [-0.4, -0.2) is 24.7 Å². The zero-order valence-electron chi connectivity index (χ0n) is 11.3. The summed E-state index contributed by atoms with van der Waals surface area (Å²) in [4.78, 5) is 4.39. The van der Waals surface area contributed by atoms with Crippen LogP contribution in [0, 0.1) is 0 Å². The fourth-order valence-electron chi connectivity index (χ4n) is 2.26. The lowest BCUT2D eigenvalue weighted by atomic mass is 10.1. The summed E-state index contributed by atoms with van der Waals surface area (Å²) in [6.07, 6.45) is 2.11. The number of benzene rings is 1. The van der Waals surface area contributed by atoms with Gasteiger partial charge in [-0.3, -0.25) is 10.0 Å². The number of hydrogen-bond acceptors (Lipinski definition) is 5. The number of hydrazine groups is 1. The second-order valence-electron chi connectivity index (χ2n) is 5.04. The zero-order chi connectivity index (χ0) is 13.3. The lowest BCUT2D eigenvalue weighted by Crippen LogP contribution is -2.59. The van der Waals surface area contributed by atoms with Gasteiger partial charge in [0.05, 0.1) is 12.2 Å². The molecule has 1 atom stereocenters. The third-order valence-corrected chi connectivity index (χ3v) is 3.53. The molecule has 19 heavy (non-hydrogen) atoms. The highest BCUT2D eigenvalue weighted by Gasteiger charge is 2.35. The van der Waals surface area contributed by atoms with E-state index in [0.29, 0.717) is 0 Å². The molecule has 2 aliphatic heterocycles. The minimum absolute atomic E-state index is 0.313. The molecule has 1 aromatic rings. The van der Waals surface area contributed by atoms with Gasteiger partial charge in [-0.2, -0.15) is 0 Å². The number of aliphatic imine (C=N–C) groups is 1. The van der Waals surface area contributed by atoms with E-state index in [2.05, 4.69) is 53.2 Å². The van der Waals surface area contributed by atoms with Gasteiger partial charge in [0.1, 0.15) is 5.66 Å². The van der Waals surface area contributed by atoms with Crippen LogP contribution in [-0.2, 0) is 0 Å². The number of guanidine groups is 1. The average Bonchev–Trinajstić information content (AvgIpc) is 3.00. The summed E-state index contributed by atoms with van der Waals surface area (Å²) < 4.78 is 0. The van der Waals surface area contributed by atoms with E-state index in [0.717, 1.165) is 24.7 Å². The summed E-state index contributed by atoms with van der Waals surface area (Å²) in [6, 6.07) is 10.2. The molecule has 0 aliphatic carbocycles. The molecule has 0 spiro atoms. The van der Waals surface area contributed by atoms with E-state index in [4.69, 9.17) is 0 Å². The van der Waals surface area contributed by atoms with Crippen LogP contribution in [0.4, 0.5) is 5.69 Å². The van der Waals surface area contributed by atoms with Crippen LogP contribution in [0.3, 0.4) is 0 Å². The van der Waals surface area contributed by atoms with Gasteiger partial charge in [-0.05, 0) is 31.6 Å². The van der Waals surface area contributed by atoms with E-state index in [9.17, 15) is 0 Å². The van der Waals surface area contributed by atoms with Gasteiger partial charge >= 0.3 is 0 Å². The van der Waals surface area contributed by atoms with Crippen molar-refractivity contribution in [2.45, 2.75) is 19.5 Å². The Labute approximate surface area is 113 Å². The minimum Gasteiger partial charge on any atom is -0.354 e. The number of rotatable bonds is 2. The molecule has 3 N–H and O–H groups in total. The van der Waals surface area contributed by atoms with Gasteiger partial charge in [-0.25, -0.2) is 5.43 Å². The highest BCUT2D eigenvalue weighted by Crippen LogP contribution is 2.25. The van der Waals surface area contributed by atoms with E-state index in [1.807, 2.05) is 23.2 Å². The zero-order valence-corrected chi connectivity index (χ0v) is 11.3. The molecule has 3 rings (SSSR count). The second kappa shape index (κ2) is 4.59. The fraction of sp³-hybridized carbons (Fsp3) is 0.357. The number of para-hydroxylation sites is 1. The number of anilines is 1. The van der Waals surface area contributed by atoms with Crippen LogP contribution in [0.15, 0.2) is 47.1 Å². The Kier molecular flexibility index (Phi) is 2.91. The number of nitrogens with zero attached hydrogens (tertiary/aromatic N) is 2. The number of hydrogen-bond donors (Lipinski definition) is 3. The molecule has 0 aromatic heterocycles. The predicted octanol–water partition coefficient (Wildman–Crippen LogP) is 1.18. The van der Waals surface area contributed by atoms with Crippen molar-refractivity contribution in [3.05, 3.63) is 42.1 Å². The fourth-order valence-corrected chi connectivity index (χ4v) is 2.26. The SMILES string of the molecule is CC1=CN(c2ccccc2)NC1(C)NC1=NCCN1. The molecule has 0 bridgehead atoms. The molecule has 100 valence electrons. The van der Waals surface area contributed by atoms with Gasteiger partial charge in [0.25, 0.3) is 0 Å². The Balaban J connectivity index is 1.77. The van der Waals surface area contributed by atoms with Crippen LogP contribution >= 0.6 is 0 Å². The van der Waals surface area contributed by atoms with Gasteiger partial charge in [-0.1, -0.05) is 18.2 Å². The van der Waals surface area contributed by atoms with Crippen LogP contribution in [0.2, 0.25) is 0 Å². The molecule has 2 aliphatic rings. The molecule has 2 heterocycles. The Morgan fingerprint density at radius 3 is 2.79 bits per heavy atom. The standard InChI is InChI=1S/C14H19N5/c1-11-10-19(12-6-4-3-5-7-12)18-14(11,2)17-13-15-8-9-16-13/h3-7,10,18H,8-9H2,1-2H3,(H2,15,16,17). The van der Waals surface area contributed by atoms with E-state index in [1.54, 1.807) is 0 Å². The summed E-state index contributed by atoms with van der Waals surface area (Å²) in [5.74, 6) is 0.859. The van der Waals surface area contributed by atoms with Crippen molar-refractivity contribution in [1.29, 1.82) is 0 Å². The van der Waals surface area contributed by atoms with Crippen molar-refractivity contribution in [2.75, 3.05) is 18.1 Å². The van der Waals surface area contributed by atoms with Gasteiger partial charge in [0.15, 0.2) is 5.96 Å². The first-order valence-electron chi connectivity index (χ1n) is 6.55. The van der Waals surface area contributed by atoms with Crippen molar-refractivity contribution < 1.29 is 0 Å². The van der Waals surface area contributed by atoms with Gasteiger partial charge in [-0.15, -0.1) is 0 Å². The Bertz CT molecular complexity index is 522. The average molecular weight is 257 g/mol. The summed E-state index contributed by atoms with van der Waals surface area (Å²) in [5.41, 5.74) is 5.49. The summed E-state index contributed by atoms with van der Waals surface area (Å²) >= 11 is 0. The van der Waals surface area contributed by atoms with E-state index in [-0.39, 0.29) is 5.66 Å². The maximum absolute atomic E-state index is 4.39. The smallest absolute Gasteiger partial charge is 0.193 e. The molecule has 5 nitrogen and oxygen atoms in total. The molecule has 0 fully saturated rings. The third-order valence-electron chi connectivity index (χ3n) is 3.53. The second-order valence-corrected chi connectivity index (χ2v) is 5.04. The van der Waals surface area contributed by atoms with Crippen LogP contribution < -0.4 is 21.1 Å². The Morgan fingerprint density at radius 1 is 1.32 bits per heavy atom. The largest absolute Gasteiger partial charge is 0.354 e. The van der Waals surface area contributed by atoms with E-state index in [1.165, 1.54) is 5.57 Å². The number of nitrogens with one attached hydrogen (secondary N) is 3. The molecular weight excluding hydrogens is 238 g/mol. The summed E-state index contributed by atoms with van der Waals surface area (Å²) in [6.45, 7) is 5.97. The van der Waals surface area contributed by atoms with Gasteiger partial charge in [0, 0.05) is 12.7 Å². The summed E-state index contributed by atoms with van der Waals surface area (Å²) in [7, 11) is 0. The third kappa shape index (κ3) is 2.29. The van der Waals surface area contributed by atoms with E-state index < -0.39 is 0 Å². The maximum Gasteiger partial charge on any atom is 0.193 e. The van der Waals surface area contributed by atoms with Crippen molar-refractivity contribution in [3.63, 3.8) is 0 Å². The molecule has 1 aromatic carbocycles. The van der Waals surface area contributed by atoms with Gasteiger partial charge in [0.2, 0.25) is 0 Å². The van der Waals surface area contributed by atoms with Gasteiger partial charge < -0.3 is 10.6 Å². The van der Waals surface area contributed by atoms with E-state index >= 15 is 0 Å². The van der Waals surface area contributed by atoms with Crippen LogP contribution in [0.5, 0.6) is 0 Å². The highest BCUT2D eigenvalue weighted by atomic mass is 15.6. The van der Waals surface area contributed by atoms with Crippen molar-refractivity contribution in [3.8, 4) is 0 Å². The predicted molar refractivity (Wildman–Crippen MR) is 77.7 cm³/mol. The van der Waals surface area contributed by atoms with Crippen molar-refractivity contribution in [2.24, 2.45) is 4.99 Å². The van der Waals surface area contributed by atoms with Crippen molar-refractivity contribution >= 4 is 11.6 Å². The first-order chi connectivity index (χ1) is 9.17. The molecule has 5 heteroatoms. The van der Waals surface area contributed by atoms with Crippen molar-refractivity contribution in [1.82, 2.24) is 16.1 Å². The monoisotopic (exact) mass is 257 g/mol. The van der Waals surface area contributed by atoms with Crippen LogP contribution in [0.25, 0.3) is 0 Å². The highest BCUT2D eigenvalue weighted by molar-refractivity contribution is 5.82. The molecule has 0 saturated heterocycles. The molecule has 1 unspecified atom stereocenters. The minimum atomic E-state index is -0.313.